The van der Waals surface area contributed by atoms with Crippen LogP contribution in [0.1, 0.15) is 37.1 Å². The highest BCUT2D eigenvalue weighted by atomic mass is 79.9. The molecule has 0 amide bonds. The Hall–Kier alpha value is 0.0600. The Balaban J connectivity index is 2.09. The number of rotatable bonds is 6. The van der Waals surface area contributed by atoms with Crippen molar-refractivity contribution in [2.24, 2.45) is 5.73 Å². The highest BCUT2D eigenvalue weighted by Gasteiger charge is 2.29. The van der Waals surface area contributed by atoms with Gasteiger partial charge in [0, 0.05) is 23.5 Å². The summed E-state index contributed by atoms with van der Waals surface area (Å²) in [5.41, 5.74) is 6.40. The Bertz CT molecular complexity index is 423. The lowest BCUT2D eigenvalue weighted by Crippen LogP contribution is -2.44. The van der Waals surface area contributed by atoms with Gasteiger partial charge in [0.15, 0.2) is 0 Å². The molecule has 20 heavy (non-hydrogen) atoms. The predicted octanol–water partition coefficient (Wildman–Crippen LogP) is 3.32. The second-order valence-corrected chi connectivity index (χ2v) is 8.37. The van der Waals surface area contributed by atoms with E-state index in [0.717, 1.165) is 13.0 Å². The molecular weight excluding hydrogens is 334 g/mol. The van der Waals surface area contributed by atoms with E-state index in [1.807, 2.05) is 11.3 Å². The minimum atomic E-state index is 0.192. The van der Waals surface area contributed by atoms with Gasteiger partial charge in [0.2, 0.25) is 0 Å². The fourth-order valence-corrected chi connectivity index (χ4v) is 4.79. The summed E-state index contributed by atoms with van der Waals surface area (Å²) in [5, 5.41) is 0. The number of hydrogen-bond donors (Lipinski definition) is 1. The first-order valence-electron chi connectivity index (χ1n) is 7.44. The molecule has 1 fully saturated rings. The zero-order valence-electron chi connectivity index (χ0n) is 12.7. The molecule has 0 radical (unpaired) electrons. The predicted molar refractivity (Wildman–Crippen MR) is 91.3 cm³/mol. The van der Waals surface area contributed by atoms with E-state index in [1.165, 1.54) is 28.0 Å². The van der Waals surface area contributed by atoms with Gasteiger partial charge in [-0.1, -0.05) is 6.92 Å². The summed E-state index contributed by atoms with van der Waals surface area (Å²) in [6.45, 7) is 4.51. The van der Waals surface area contributed by atoms with Crippen LogP contribution >= 0.6 is 27.3 Å². The zero-order valence-corrected chi connectivity index (χ0v) is 15.1. The quantitative estimate of drug-likeness (QED) is 0.845. The van der Waals surface area contributed by atoms with Crippen molar-refractivity contribution in [3.63, 3.8) is 0 Å². The third kappa shape index (κ3) is 3.83. The third-order valence-electron chi connectivity index (χ3n) is 4.41. The molecule has 1 aromatic rings. The van der Waals surface area contributed by atoms with E-state index in [-0.39, 0.29) is 6.04 Å². The van der Waals surface area contributed by atoms with Crippen molar-refractivity contribution >= 4 is 27.3 Å². The molecule has 3 nitrogen and oxygen atoms in total. The number of likely N-dealkylation sites (N-methyl/N-ethyl adjacent to an activating group) is 2. The van der Waals surface area contributed by atoms with Crippen LogP contribution in [0.4, 0.5) is 0 Å². The van der Waals surface area contributed by atoms with E-state index in [4.69, 9.17) is 5.73 Å². The van der Waals surface area contributed by atoms with Crippen LogP contribution in [0.25, 0.3) is 0 Å². The SMILES string of the molecule is CCC(N)C(c1ccc(Br)s1)N(C)CC1CCCN1C. The molecule has 114 valence electrons. The van der Waals surface area contributed by atoms with Gasteiger partial charge in [-0.25, -0.2) is 0 Å². The Kier molecular flexibility index (Phi) is 6.05. The summed E-state index contributed by atoms with van der Waals surface area (Å²) in [5.74, 6) is 0. The minimum Gasteiger partial charge on any atom is -0.326 e. The largest absolute Gasteiger partial charge is 0.326 e. The van der Waals surface area contributed by atoms with E-state index in [2.05, 4.69) is 58.9 Å². The van der Waals surface area contributed by atoms with Gasteiger partial charge in [-0.3, -0.25) is 4.90 Å². The van der Waals surface area contributed by atoms with Gasteiger partial charge in [0.05, 0.1) is 9.83 Å². The molecule has 1 saturated heterocycles. The number of nitrogens with two attached hydrogens (primary N) is 1. The lowest BCUT2D eigenvalue weighted by atomic mass is 10.0. The average Bonchev–Trinajstić information content (AvgIpc) is 2.99. The van der Waals surface area contributed by atoms with Gasteiger partial charge in [-0.2, -0.15) is 0 Å². The van der Waals surface area contributed by atoms with Crippen molar-refractivity contribution in [2.75, 3.05) is 27.2 Å². The first-order valence-corrected chi connectivity index (χ1v) is 9.05. The lowest BCUT2D eigenvalue weighted by Gasteiger charge is -2.34. The van der Waals surface area contributed by atoms with Gasteiger partial charge >= 0.3 is 0 Å². The van der Waals surface area contributed by atoms with Gasteiger partial charge in [-0.15, -0.1) is 11.3 Å². The second kappa shape index (κ2) is 7.36. The highest BCUT2D eigenvalue weighted by Crippen LogP contribution is 2.33. The smallest absolute Gasteiger partial charge is 0.0702 e. The molecule has 0 bridgehead atoms. The molecule has 2 N–H and O–H groups in total. The Morgan fingerprint density at radius 3 is 2.80 bits per heavy atom. The van der Waals surface area contributed by atoms with Crippen molar-refractivity contribution in [3.8, 4) is 0 Å². The Labute approximate surface area is 135 Å². The monoisotopic (exact) mass is 359 g/mol. The summed E-state index contributed by atoms with van der Waals surface area (Å²) in [4.78, 5) is 6.31. The number of thiophene rings is 1. The first-order chi connectivity index (χ1) is 9.52. The van der Waals surface area contributed by atoms with Crippen LogP contribution in [0.15, 0.2) is 15.9 Å². The van der Waals surface area contributed by atoms with Crippen LogP contribution in [-0.4, -0.2) is 49.1 Å². The fraction of sp³-hybridized carbons (Fsp3) is 0.733. The molecule has 0 aliphatic carbocycles. The minimum absolute atomic E-state index is 0.192. The maximum Gasteiger partial charge on any atom is 0.0702 e. The summed E-state index contributed by atoms with van der Waals surface area (Å²) >= 11 is 5.38. The van der Waals surface area contributed by atoms with Crippen LogP contribution in [0.5, 0.6) is 0 Å². The van der Waals surface area contributed by atoms with E-state index < -0.39 is 0 Å². The van der Waals surface area contributed by atoms with Crippen LogP contribution in [0.3, 0.4) is 0 Å². The molecule has 3 atom stereocenters. The molecule has 2 rings (SSSR count). The molecule has 0 saturated carbocycles. The van der Waals surface area contributed by atoms with Gasteiger partial charge in [0.1, 0.15) is 0 Å². The average molecular weight is 360 g/mol. The number of likely N-dealkylation sites (tertiary alicyclic amines) is 1. The number of hydrogen-bond acceptors (Lipinski definition) is 4. The lowest BCUT2D eigenvalue weighted by molar-refractivity contribution is 0.159. The van der Waals surface area contributed by atoms with Crippen molar-refractivity contribution in [2.45, 2.75) is 44.3 Å². The summed E-state index contributed by atoms with van der Waals surface area (Å²) < 4.78 is 1.19. The van der Waals surface area contributed by atoms with Gasteiger partial charge in [-0.05, 0) is 68.0 Å². The normalized spacial score (nSPS) is 23.4. The van der Waals surface area contributed by atoms with E-state index in [1.54, 1.807) is 0 Å². The Morgan fingerprint density at radius 1 is 1.55 bits per heavy atom. The molecule has 1 aliphatic heterocycles. The molecule has 0 spiro atoms. The van der Waals surface area contributed by atoms with E-state index in [0.29, 0.717) is 12.1 Å². The topological polar surface area (TPSA) is 32.5 Å². The molecule has 5 heteroatoms. The standard InChI is InChI=1S/C15H26BrN3S/c1-4-12(17)15(13-7-8-14(16)20-13)19(3)10-11-6-5-9-18(11)2/h7-8,11-12,15H,4-6,9-10,17H2,1-3H3. The van der Waals surface area contributed by atoms with Crippen LogP contribution in [0, 0.1) is 0 Å². The maximum absolute atomic E-state index is 6.40. The van der Waals surface area contributed by atoms with Crippen LogP contribution in [-0.2, 0) is 0 Å². The second-order valence-electron chi connectivity index (χ2n) is 5.88. The van der Waals surface area contributed by atoms with Crippen LogP contribution in [0.2, 0.25) is 0 Å². The molecular formula is C15H26BrN3S. The molecule has 3 unspecified atom stereocenters. The molecule has 2 heterocycles. The highest BCUT2D eigenvalue weighted by molar-refractivity contribution is 9.11. The Morgan fingerprint density at radius 2 is 2.30 bits per heavy atom. The molecule has 1 aliphatic rings. The summed E-state index contributed by atoms with van der Waals surface area (Å²) in [6, 6.07) is 5.53. The van der Waals surface area contributed by atoms with Crippen molar-refractivity contribution in [1.82, 2.24) is 9.80 Å². The first kappa shape index (κ1) is 16.4. The fourth-order valence-electron chi connectivity index (χ4n) is 3.12. The maximum atomic E-state index is 6.40. The summed E-state index contributed by atoms with van der Waals surface area (Å²) in [7, 11) is 4.46. The van der Waals surface area contributed by atoms with Crippen LogP contribution < -0.4 is 5.73 Å². The van der Waals surface area contributed by atoms with Crippen molar-refractivity contribution in [1.29, 1.82) is 0 Å². The zero-order chi connectivity index (χ0) is 14.7. The van der Waals surface area contributed by atoms with Gasteiger partial charge in [0.25, 0.3) is 0 Å². The van der Waals surface area contributed by atoms with E-state index >= 15 is 0 Å². The van der Waals surface area contributed by atoms with E-state index in [9.17, 15) is 0 Å². The molecule has 1 aromatic heterocycles. The number of halogens is 1. The van der Waals surface area contributed by atoms with Gasteiger partial charge < -0.3 is 10.6 Å². The number of nitrogens with zero attached hydrogens (tertiary/aromatic N) is 2. The molecule has 0 aromatic carbocycles. The van der Waals surface area contributed by atoms with Crippen molar-refractivity contribution in [3.05, 3.63) is 20.8 Å². The van der Waals surface area contributed by atoms with Crippen molar-refractivity contribution < 1.29 is 0 Å². The summed E-state index contributed by atoms with van der Waals surface area (Å²) in [6.07, 6.45) is 3.64. The third-order valence-corrected chi connectivity index (χ3v) is 6.10.